The van der Waals surface area contributed by atoms with Gasteiger partial charge < -0.3 is 10.1 Å². The largest absolute Gasteiger partial charge is 0.438 e. The van der Waals surface area contributed by atoms with E-state index in [1.165, 1.54) is 6.33 Å². The Kier molecular flexibility index (Phi) is 4.15. The molecule has 0 amide bonds. The maximum Gasteiger partial charge on any atom is 0.235 e. The third kappa shape index (κ3) is 3.17. The first-order valence-corrected chi connectivity index (χ1v) is 8.00. The molecular formula is C21H14N4O. The molecule has 0 aliphatic rings. The van der Waals surface area contributed by atoms with Gasteiger partial charge in [0.15, 0.2) is 0 Å². The maximum atomic E-state index is 5.77. The van der Waals surface area contributed by atoms with E-state index in [-0.39, 0.29) is 0 Å². The minimum absolute atomic E-state index is 0.386. The molecule has 2 heterocycles. The van der Waals surface area contributed by atoms with E-state index in [9.17, 15) is 0 Å². The summed E-state index contributed by atoms with van der Waals surface area (Å²) in [7, 11) is 0. The lowest BCUT2D eigenvalue weighted by Crippen LogP contribution is -1.99. The highest BCUT2D eigenvalue weighted by Gasteiger charge is 2.09. The van der Waals surface area contributed by atoms with Crippen molar-refractivity contribution < 1.29 is 4.74 Å². The van der Waals surface area contributed by atoms with E-state index in [0.717, 1.165) is 16.6 Å². The first kappa shape index (κ1) is 15.6. The number of benzene rings is 2. The number of nitrogens with zero attached hydrogens (tertiary/aromatic N) is 3. The van der Waals surface area contributed by atoms with Gasteiger partial charge in [-0.3, -0.25) is 0 Å². The predicted octanol–water partition coefficient (Wildman–Crippen LogP) is 4.54. The second-order valence-electron chi connectivity index (χ2n) is 5.50. The van der Waals surface area contributed by atoms with Gasteiger partial charge in [0.25, 0.3) is 0 Å². The number of ether oxygens (including phenoxy) is 1. The summed E-state index contributed by atoms with van der Waals surface area (Å²) in [6.07, 6.45) is 8.82. The fourth-order valence-electron chi connectivity index (χ4n) is 2.55. The molecule has 124 valence electrons. The Hall–Kier alpha value is -3.91. The van der Waals surface area contributed by atoms with Gasteiger partial charge in [-0.15, -0.1) is 6.42 Å². The fraction of sp³-hybridized carbons (Fsp3) is 0. The lowest BCUT2D eigenvalue weighted by Gasteiger charge is -2.11. The van der Waals surface area contributed by atoms with Crippen molar-refractivity contribution in [2.75, 3.05) is 5.32 Å². The number of pyridine rings is 1. The van der Waals surface area contributed by atoms with Crippen LogP contribution in [0.5, 0.6) is 11.6 Å². The van der Waals surface area contributed by atoms with Crippen molar-refractivity contribution >= 4 is 22.4 Å². The van der Waals surface area contributed by atoms with Crippen LogP contribution in [0.25, 0.3) is 10.9 Å². The van der Waals surface area contributed by atoms with Gasteiger partial charge in [-0.25, -0.2) is 15.0 Å². The van der Waals surface area contributed by atoms with Gasteiger partial charge in [-0.1, -0.05) is 36.3 Å². The highest BCUT2D eigenvalue weighted by Crippen LogP contribution is 2.27. The summed E-state index contributed by atoms with van der Waals surface area (Å²) in [6, 6.07) is 19.0. The van der Waals surface area contributed by atoms with Gasteiger partial charge in [0.05, 0.1) is 23.0 Å². The first-order valence-electron chi connectivity index (χ1n) is 8.00. The van der Waals surface area contributed by atoms with E-state index in [1.807, 2.05) is 60.7 Å². The number of terminal acetylenes is 1. The Bertz CT molecular complexity index is 1100. The Morgan fingerprint density at radius 3 is 2.58 bits per heavy atom. The summed E-state index contributed by atoms with van der Waals surface area (Å²) < 4.78 is 5.77. The van der Waals surface area contributed by atoms with Crippen molar-refractivity contribution in [1.29, 1.82) is 0 Å². The molecule has 0 spiro atoms. The van der Waals surface area contributed by atoms with Crippen molar-refractivity contribution in [3.8, 4) is 24.0 Å². The second kappa shape index (κ2) is 6.91. The molecule has 26 heavy (non-hydrogen) atoms. The van der Waals surface area contributed by atoms with Crippen LogP contribution in [0.3, 0.4) is 0 Å². The van der Waals surface area contributed by atoms with Crippen LogP contribution in [0.15, 0.2) is 73.2 Å². The minimum atomic E-state index is 0.386. The summed E-state index contributed by atoms with van der Waals surface area (Å²) in [6.45, 7) is 0. The van der Waals surface area contributed by atoms with Gasteiger partial charge in [0.2, 0.25) is 5.88 Å². The molecule has 0 saturated heterocycles. The molecule has 0 unspecified atom stereocenters. The highest BCUT2D eigenvalue weighted by molar-refractivity contribution is 5.90. The number of hydrogen-bond donors (Lipinski definition) is 1. The quantitative estimate of drug-likeness (QED) is 0.554. The average Bonchev–Trinajstić information content (AvgIpc) is 2.70. The zero-order valence-electron chi connectivity index (χ0n) is 13.8. The van der Waals surface area contributed by atoms with Crippen molar-refractivity contribution in [2.24, 2.45) is 0 Å². The Balaban J connectivity index is 1.65. The predicted molar refractivity (Wildman–Crippen MR) is 102 cm³/mol. The van der Waals surface area contributed by atoms with Crippen LogP contribution in [0.2, 0.25) is 0 Å². The van der Waals surface area contributed by atoms with Crippen molar-refractivity contribution in [2.45, 2.75) is 0 Å². The summed E-state index contributed by atoms with van der Waals surface area (Å²) in [4.78, 5) is 12.9. The molecule has 4 rings (SSSR count). The van der Waals surface area contributed by atoms with E-state index in [2.05, 4.69) is 26.2 Å². The van der Waals surface area contributed by atoms with Gasteiger partial charge >= 0.3 is 0 Å². The third-order valence-corrected chi connectivity index (χ3v) is 3.77. The molecule has 1 N–H and O–H groups in total. The van der Waals surface area contributed by atoms with E-state index >= 15 is 0 Å². The minimum Gasteiger partial charge on any atom is -0.438 e. The van der Waals surface area contributed by atoms with E-state index in [1.54, 1.807) is 6.20 Å². The van der Waals surface area contributed by atoms with Crippen LogP contribution in [0, 0.1) is 12.3 Å². The zero-order chi connectivity index (χ0) is 17.8. The molecule has 4 aromatic rings. The number of hydrogen-bond acceptors (Lipinski definition) is 5. The summed E-state index contributed by atoms with van der Waals surface area (Å²) in [5.74, 6) is 4.38. The van der Waals surface area contributed by atoms with E-state index in [0.29, 0.717) is 23.0 Å². The fourth-order valence-corrected chi connectivity index (χ4v) is 2.55. The molecule has 0 atom stereocenters. The summed E-state index contributed by atoms with van der Waals surface area (Å²) in [5, 5.41) is 4.17. The molecule has 0 saturated carbocycles. The van der Waals surface area contributed by atoms with Gasteiger partial charge in [0, 0.05) is 5.39 Å². The maximum absolute atomic E-state index is 5.77. The molecule has 2 aromatic heterocycles. The Morgan fingerprint density at radius 2 is 1.73 bits per heavy atom. The number of fused-ring (bicyclic) bond motifs is 1. The normalized spacial score (nSPS) is 10.3. The number of anilines is 2. The molecule has 5 nitrogen and oxygen atoms in total. The topological polar surface area (TPSA) is 59.9 Å². The lowest BCUT2D eigenvalue weighted by molar-refractivity contribution is 0.461. The number of para-hydroxylation sites is 2. The van der Waals surface area contributed by atoms with Crippen LogP contribution in [-0.2, 0) is 0 Å². The van der Waals surface area contributed by atoms with E-state index in [4.69, 9.17) is 11.2 Å². The molecule has 0 radical (unpaired) electrons. The lowest BCUT2D eigenvalue weighted by atomic mass is 10.2. The number of nitrogens with one attached hydrogen (secondary N) is 1. The molecular weight excluding hydrogens is 324 g/mol. The average molecular weight is 338 g/mol. The van der Waals surface area contributed by atoms with Gasteiger partial charge in [-0.2, -0.15) is 0 Å². The van der Waals surface area contributed by atoms with E-state index < -0.39 is 0 Å². The number of aromatic nitrogens is 3. The van der Waals surface area contributed by atoms with Crippen LogP contribution < -0.4 is 10.1 Å². The van der Waals surface area contributed by atoms with Crippen molar-refractivity contribution in [3.05, 3.63) is 78.8 Å². The molecule has 5 heteroatoms. The first-order chi connectivity index (χ1) is 12.8. The van der Waals surface area contributed by atoms with Gasteiger partial charge in [0.1, 0.15) is 17.9 Å². The summed E-state index contributed by atoms with van der Waals surface area (Å²) >= 11 is 0. The molecule has 0 fully saturated rings. The smallest absolute Gasteiger partial charge is 0.235 e. The SMILES string of the molecule is C#Cc1cc(Nc2ncnc3ccccc23)cnc1Oc1ccccc1. The van der Waals surface area contributed by atoms with Crippen LogP contribution in [-0.4, -0.2) is 15.0 Å². The van der Waals surface area contributed by atoms with Gasteiger partial charge in [-0.05, 0) is 30.3 Å². The van der Waals surface area contributed by atoms with Crippen LogP contribution in [0.4, 0.5) is 11.5 Å². The van der Waals surface area contributed by atoms with Crippen LogP contribution >= 0.6 is 0 Å². The summed E-state index contributed by atoms with van der Waals surface area (Å²) in [5.41, 5.74) is 2.14. The molecule has 0 bridgehead atoms. The highest BCUT2D eigenvalue weighted by atomic mass is 16.5. The zero-order valence-corrected chi connectivity index (χ0v) is 13.8. The van der Waals surface area contributed by atoms with Crippen molar-refractivity contribution in [1.82, 2.24) is 15.0 Å². The monoisotopic (exact) mass is 338 g/mol. The standard InChI is InChI=1S/C21H14N4O/c1-2-15-12-16(13-22-21(15)26-17-8-4-3-5-9-17)25-20-18-10-6-7-11-19(18)23-14-24-20/h1,3-14H,(H,23,24,25). The Labute approximate surface area is 150 Å². The number of rotatable bonds is 4. The molecule has 0 aliphatic carbocycles. The molecule has 0 aliphatic heterocycles. The van der Waals surface area contributed by atoms with Crippen LogP contribution in [0.1, 0.15) is 5.56 Å². The third-order valence-electron chi connectivity index (χ3n) is 3.77. The van der Waals surface area contributed by atoms with Crippen molar-refractivity contribution in [3.63, 3.8) is 0 Å². The Morgan fingerprint density at radius 1 is 0.923 bits per heavy atom. The molecule has 2 aromatic carbocycles. The second-order valence-corrected chi connectivity index (χ2v) is 5.50.